The molecule has 0 aromatic carbocycles. The average Bonchev–Trinajstić information content (AvgIpc) is 2.06. The molecule has 0 amide bonds. The van der Waals surface area contributed by atoms with E-state index in [0.717, 1.165) is 26.6 Å². The van der Waals surface area contributed by atoms with Gasteiger partial charge in [-0.2, -0.15) is 8.42 Å². The lowest BCUT2D eigenvalue weighted by atomic mass is 10.4. The lowest BCUT2D eigenvalue weighted by Crippen LogP contribution is -2.14. The number of rotatable bonds is 5. The van der Waals surface area contributed by atoms with E-state index in [-0.39, 0.29) is 0 Å². The van der Waals surface area contributed by atoms with E-state index in [0.29, 0.717) is 6.61 Å². The van der Waals surface area contributed by atoms with Gasteiger partial charge in [-0.25, -0.2) is 0 Å². The Bertz CT molecular complexity index is 175. The molecule has 0 radical (unpaired) electrons. The molecule has 13 heavy (non-hydrogen) atoms. The lowest BCUT2D eigenvalue weighted by Gasteiger charge is -1.94. The fraction of sp³-hybridized carbons (Fsp3) is 1.00. The van der Waals surface area contributed by atoms with Crippen molar-refractivity contribution in [1.29, 1.82) is 0 Å². The Hall–Kier alpha value is -0.210. The van der Waals surface area contributed by atoms with Crippen molar-refractivity contribution in [2.75, 3.05) is 26.8 Å². The Morgan fingerprint density at radius 1 is 1.46 bits per heavy atom. The maximum absolute atomic E-state index is 9.33. The van der Waals surface area contributed by atoms with Crippen LogP contribution in [0.25, 0.3) is 0 Å². The van der Waals surface area contributed by atoms with Gasteiger partial charge in [0.05, 0.1) is 7.11 Å². The van der Waals surface area contributed by atoms with Crippen LogP contribution in [0.4, 0.5) is 0 Å². The van der Waals surface area contributed by atoms with Crippen molar-refractivity contribution >= 4 is 10.4 Å². The zero-order chi connectivity index (χ0) is 10.7. The quantitative estimate of drug-likeness (QED) is 0.419. The summed E-state index contributed by atoms with van der Waals surface area (Å²) in [6.07, 6.45) is 0.869. The molecule has 82 valence electrons. The summed E-state index contributed by atoms with van der Waals surface area (Å²) in [5, 5.41) is 11.3. The Balaban J connectivity index is 0. The van der Waals surface area contributed by atoms with Gasteiger partial charge in [0.1, 0.15) is 0 Å². The molecule has 0 aliphatic heterocycles. The fourth-order valence-corrected chi connectivity index (χ4v) is 0.381. The summed E-state index contributed by atoms with van der Waals surface area (Å²) in [5.41, 5.74) is 0. The molecule has 0 spiro atoms. The van der Waals surface area contributed by atoms with Gasteiger partial charge in [-0.1, -0.05) is 6.92 Å². The van der Waals surface area contributed by atoms with E-state index in [1.165, 1.54) is 0 Å². The Morgan fingerprint density at radius 3 is 2.15 bits per heavy atom. The highest BCUT2D eigenvalue weighted by Gasteiger charge is 1.94. The number of aliphatic hydroxyl groups excluding tert-OH is 1. The molecule has 0 aliphatic carbocycles. The van der Waals surface area contributed by atoms with Gasteiger partial charge in [-0.3, -0.25) is 8.74 Å². The van der Waals surface area contributed by atoms with Gasteiger partial charge in [-0.15, -0.1) is 0 Å². The van der Waals surface area contributed by atoms with E-state index >= 15 is 0 Å². The van der Waals surface area contributed by atoms with Crippen LogP contribution in [0.5, 0.6) is 0 Å². The molecule has 0 saturated heterocycles. The van der Waals surface area contributed by atoms with Crippen LogP contribution < -0.4 is 5.32 Å². The zero-order valence-corrected chi connectivity index (χ0v) is 8.67. The fourth-order valence-electron chi connectivity index (χ4n) is 0.381. The summed E-state index contributed by atoms with van der Waals surface area (Å²) in [4.78, 5) is 0. The Morgan fingerprint density at radius 2 is 1.92 bits per heavy atom. The van der Waals surface area contributed by atoms with Crippen LogP contribution in [-0.4, -0.2) is 44.9 Å². The van der Waals surface area contributed by atoms with Crippen molar-refractivity contribution in [3.8, 4) is 0 Å². The SMILES string of the molecule is CCNCCCO.COS(=O)(=O)O. The summed E-state index contributed by atoms with van der Waals surface area (Å²) in [7, 11) is -3.29. The molecule has 6 nitrogen and oxygen atoms in total. The number of aliphatic hydroxyl groups is 1. The van der Waals surface area contributed by atoms with Crippen molar-refractivity contribution in [1.82, 2.24) is 5.32 Å². The molecule has 0 aliphatic rings. The molecule has 0 saturated carbocycles. The van der Waals surface area contributed by atoms with Gasteiger partial charge < -0.3 is 10.4 Å². The van der Waals surface area contributed by atoms with Gasteiger partial charge in [0.15, 0.2) is 0 Å². The minimum Gasteiger partial charge on any atom is -0.396 e. The van der Waals surface area contributed by atoms with Gasteiger partial charge in [0, 0.05) is 6.61 Å². The van der Waals surface area contributed by atoms with Crippen LogP contribution in [0.15, 0.2) is 0 Å². The second-order valence-electron chi connectivity index (χ2n) is 2.03. The molecule has 0 aromatic rings. The lowest BCUT2D eigenvalue weighted by molar-refractivity contribution is 0.286. The van der Waals surface area contributed by atoms with Crippen molar-refractivity contribution < 1.29 is 22.3 Å². The molecule has 0 bridgehead atoms. The van der Waals surface area contributed by atoms with Crippen molar-refractivity contribution in [3.05, 3.63) is 0 Å². The second kappa shape index (κ2) is 9.87. The van der Waals surface area contributed by atoms with E-state index in [1.54, 1.807) is 0 Å². The third-order valence-electron chi connectivity index (χ3n) is 0.972. The molecule has 7 heteroatoms. The Kier molecular flexibility index (Phi) is 11.6. The van der Waals surface area contributed by atoms with Gasteiger partial charge in [0.25, 0.3) is 0 Å². The van der Waals surface area contributed by atoms with Crippen LogP contribution >= 0.6 is 0 Å². The normalized spacial score (nSPS) is 10.5. The highest BCUT2D eigenvalue weighted by Crippen LogP contribution is 1.74. The van der Waals surface area contributed by atoms with Crippen LogP contribution in [0, 0.1) is 0 Å². The second-order valence-corrected chi connectivity index (χ2v) is 3.21. The van der Waals surface area contributed by atoms with Crippen molar-refractivity contribution in [2.45, 2.75) is 13.3 Å². The van der Waals surface area contributed by atoms with Crippen molar-refractivity contribution in [3.63, 3.8) is 0 Å². The number of hydrogen-bond acceptors (Lipinski definition) is 5. The maximum atomic E-state index is 9.33. The van der Waals surface area contributed by atoms with E-state index in [4.69, 9.17) is 9.66 Å². The average molecular weight is 215 g/mol. The molecule has 0 rings (SSSR count). The third kappa shape index (κ3) is 24.5. The van der Waals surface area contributed by atoms with E-state index in [1.807, 2.05) is 0 Å². The summed E-state index contributed by atoms with van der Waals surface area (Å²) >= 11 is 0. The van der Waals surface area contributed by atoms with Crippen LogP contribution in [-0.2, 0) is 14.6 Å². The highest BCUT2D eigenvalue weighted by atomic mass is 32.3. The van der Waals surface area contributed by atoms with Crippen LogP contribution in [0.1, 0.15) is 13.3 Å². The smallest absolute Gasteiger partial charge is 0.396 e. The standard InChI is InChI=1S/C5H13NO.CH4O4S/c1-2-6-4-3-5-7;1-5-6(2,3)4/h6-7H,2-5H2,1H3;1H3,(H,2,3,4). The number of nitrogens with one attached hydrogen (secondary N) is 1. The molecule has 0 fully saturated rings. The van der Waals surface area contributed by atoms with Gasteiger partial charge in [0.2, 0.25) is 0 Å². The van der Waals surface area contributed by atoms with Gasteiger partial charge >= 0.3 is 10.4 Å². The first-order valence-electron chi connectivity index (χ1n) is 3.82. The molecular weight excluding hydrogens is 198 g/mol. The molecule has 0 heterocycles. The molecular formula is C6H17NO5S. The summed E-state index contributed by atoms with van der Waals surface area (Å²) in [5.74, 6) is 0. The summed E-state index contributed by atoms with van der Waals surface area (Å²) in [6, 6.07) is 0. The Labute approximate surface area is 78.9 Å². The minimum absolute atomic E-state index is 0.299. The van der Waals surface area contributed by atoms with Crippen LogP contribution in [0.3, 0.4) is 0 Å². The predicted molar refractivity (Wildman–Crippen MR) is 48.8 cm³/mol. The first-order valence-corrected chi connectivity index (χ1v) is 5.19. The van der Waals surface area contributed by atoms with E-state index in [2.05, 4.69) is 16.4 Å². The topological polar surface area (TPSA) is 95.9 Å². The monoisotopic (exact) mass is 215 g/mol. The molecule has 3 N–H and O–H groups in total. The zero-order valence-electron chi connectivity index (χ0n) is 7.86. The molecule has 0 atom stereocenters. The minimum atomic E-state index is -4.16. The molecule has 0 unspecified atom stereocenters. The first-order chi connectivity index (χ1) is 5.97. The maximum Gasteiger partial charge on any atom is 0.397 e. The number of hydrogen-bond donors (Lipinski definition) is 3. The largest absolute Gasteiger partial charge is 0.397 e. The third-order valence-corrected chi connectivity index (χ3v) is 1.39. The summed E-state index contributed by atoms with van der Waals surface area (Å²) < 4.78 is 29.7. The van der Waals surface area contributed by atoms with E-state index < -0.39 is 10.4 Å². The summed E-state index contributed by atoms with van der Waals surface area (Å²) in [6.45, 7) is 4.29. The van der Waals surface area contributed by atoms with Gasteiger partial charge in [-0.05, 0) is 19.5 Å². The van der Waals surface area contributed by atoms with Crippen LogP contribution in [0.2, 0.25) is 0 Å². The predicted octanol–water partition coefficient (Wildman–Crippen LogP) is -0.586. The molecule has 0 aromatic heterocycles. The highest BCUT2D eigenvalue weighted by molar-refractivity contribution is 7.80. The van der Waals surface area contributed by atoms with Crippen molar-refractivity contribution in [2.24, 2.45) is 0 Å². The first kappa shape index (κ1) is 15.3. The van der Waals surface area contributed by atoms with E-state index in [9.17, 15) is 8.42 Å².